The predicted molar refractivity (Wildman–Crippen MR) is 68.1 cm³/mol. The topological polar surface area (TPSA) is 39.1 Å². The minimum Gasteiger partial charge on any atom is -0.381 e. The Labute approximate surface area is 103 Å². The maximum absolute atomic E-state index is 5.36. The maximum Gasteiger partial charge on any atom is 0.111 e. The van der Waals surface area contributed by atoms with Gasteiger partial charge in [0.15, 0.2) is 0 Å². The summed E-state index contributed by atoms with van der Waals surface area (Å²) in [4.78, 5) is 4.39. The van der Waals surface area contributed by atoms with Crippen molar-refractivity contribution in [2.24, 2.45) is 5.92 Å². The van der Waals surface area contributed by atoms with E-state index in [-0.39, 0.29) is 0 Å². The maximum atomic E-state index is 5.36. The van der Waals surface area contributed by atoms with Crippen LogP contribution in [0.5, 0.6) is 0 Å². The first kappa shape index (κ1) is 12.6. The van der Waals surface area contributed by atoms with Gasteiger partial charge in [-0.3, -0.25) is 0 Å². The number of imidazole rings is 1. The summed E-state index contributed by atoms with van der Waals surface area (Å²) in [5.41, 5.74) is 0. The van der Waals surface area contributed by atoms with Crippen LogP contribution in [0.2, 0.25) is 0 Å². The normalized spacial score (nSPS) is 20.3. The molecule has 0 spiro atoms. The highest BCUT2D eigenvalue weighted by molar-refractivity contribution is 4.97. The summed E-state index contributed by atoms with van der Waals surface area (Å²) in [6, 6.07) is 0. The van der Waals surface area contributed by atoms with Gasteiger partial charge in [-0.2, -0.15) is 0 Å². The third kappa shape index (κ3) is 3.54. The average Bonchev–Trinajstić information content (AvgIpc) is 2.95. The van der Waals surface area contributed by atoms with E-state index in [9.17, 15) is 0 Å². The Kier molecular flexibility index (Phi) is 4.57. The fourth-order valence-corrected chi connectivity index (χ4v) is 2.26. The molecule has 0 aromatic carbocycles. The SMILES string of the molecule is CC(C)c1nccn1CCNCC1CCOC1. The third-order valence-corrected chi connectivity index (χ3v) is 3.25. The molecule has 0 radical (unpaired) electrons. The van der Waals surface area contributed by atoms with Crippen LogP contribution < -0.4 is 5.32 Å². The summed E-state index contributed by atoms with van der Waals surface area (Å²) in [7, 11) is 0. The molecule has 1 saturated heterocycles. The van der Waals surface area contributed by atoms with Gasteiger partial charge in [0.05, 0.1) is 6.61 Å². The average molecular weight is 237 g/mol. The van der Waals surface area contributed by atoms with Gasteiger partial charge in [0.2, 0.25) is 0 Å². The van der Waals surface area contributed by atoms with Crippen molar-refractivity contribution < 1.29 is 4.74 Å². The van der Waals surface area contributed by atoms with E-state index in [2.05, 4.69) is 34.9 Å². The Balaban J connectivity index is 1.68. The number of ether oxygens (including phenoxy) is 1. The van der Waals surface area contributed by atoms with Crippen LogP contribution in [0, 0.1) is 5.92 Å². The van der Waals surface area contributed by atoms with E-state index >= 15 is 0 Å². The lowest BCUT2D eigenvalue weighted by Gasteiger charge is -2.12. The zero-order chi connectivity index (χ0) is 12.1. The first-order valence-corrected chi connectivity index (χ1v) is 6.57. The summed E-state index contributed by atoms with van der Waals surface area (Å²) in [6.07, 6.45) is 5.16. The molecular weight excluding hydrogens is 214 g/mol. The highest BCUT2D eigenvalue weighted by Gasteiger charge is 2.14. The highest BCUT2D eigenvalue weighted by atomic mass is 16.5. The first-order valence-electron chi connectivity index (χ1n) is 6.57. The second kappa shape index (κ2) is 6.17. The summed E-state index contributed by atoms with van der Waals surface area (Å²) >= 11 is 0. The quantitative estimate of drug-likeness (QED) is 0.764. The third-order valence-electron chi connectivity index (χ3n) is 3.25. The van der Waals surface area contributed by atoms with Gasteiger partial charge < -0.3 is 14.6 Å². The Morgan fingerprint density at radius 3 is 3.18 bits per heavy atom. The molecule has 0 bridgehead atoms. The number of nitrogens with zero attached hydrogens (tertiary/aromatic N) is 2. The van der Waals surface area contributed by atoms with Crippen LogP contribution in [-0.4, -0.2) is 35.9 Å². The highest BCUT2D eigenvalue weighted by Crippen LogP contribution is 2.12. The predicted octanol–water partition coefficient (Wildman–Crippen LogP) is 1.63. The van der Waals surface area contributed by atoms with Crippen molar-refractivity contribution in [3.8, 4) is 0 Å². The van der Waals surface area contributed by atoms with E-state index < -0.39 is 0 Å². The van der Waals surface area contributed by atoms with Crippen LogP contribution in [0.25, 0.3) is 0 Å². The van der Waals surface area contributed by atoms with Crippen molar-refractivity contribution >= 4 is 0 Å². The molecule has 2 rings (SSSR count). The Bertz CT molecular complexity index is 329. The van der Waals surface area contributed by atoms with E-state index in [1.165, 1.54) is 12.2 Å². The van der Waals surface area contributed by atoms with Crippen molar-refractivity contribution in [3.63, 3.8) is 0 Å². The van der Waals surface area contributed by atoms with E-state index in [0.29, 0.717) is 11.8 Å². The lowest BCUT2D eigenvalue weighted by molar-refractivity contribution is 0.185. The van der Waals surface area contributed by atoms with Gasteiger partial charge in [0.1, 0.15) is 5.82 Å². The van der Waals surface area contributed by atoms with Gasteiger partial charge in [-0.15, -0.1) is 0 Å². The van der Waals surface area contributed by atoms with Crippen LogP contribution in [0.15, 0.2) is 12.4 Å². The van der Waals surface area contributed by atoms with E-state index in [1.807, 2.05) is 6.20 Å². The summed E-state index contributed by atoms with van der Waals surface area (Å²) in [5.74, 6) is 2.38. The monoisotopic (exact) mass is 237 g/mol. The lowest BCUT2D eigenvalue weighted by atomic mass is 10.1. The smallest absolute Gasteiger partial charge is 0.111 e. The minimum atomic E-state index is 0.494. The molecule has 96 valence electrons. The Hall–Kier alpha value is -0.870. The van der Waals surface area contributed by atoms with Gasteiger partial charge in [0, 0.05) is 44.6 Å². The zero-order valence-corrected chi connectivity index (χ0v) is 10.9. The van der Waals surface area contributed by atoms with Gasteiger partial charge in [-0.1, -0.05) is 13.8 Å². The van der Waals surface area contributed by atoms with Gasteiger partial charge in [-0.05, 0) is 12.3 Å². The molecule has 1 fully saturated rings. The number of rotatable bonds is 6. The fraction of sp³-hybridized carbons (Fsp3) is 0.769. The Morgan fingerprint density at radius 2 is 2.47 bits per heavy atom. The van der Waals surface area contributed by atoms with Gasteiger partial charge in [-0.25, -0.2) is 4.98 Å². The molecule has 1 aromatic heterocycles. The molecule has 4 nitrogen and oxygen atoms in total. The van der Waals surface area contributed by atoms with Gasteiger partial charge in [0.25, 0.3) is 0 Å². The van der Waals surface area contributed by atoms with Crippen LogP contribution in [-0.2, 0) is 11.3 Å². The molecule has 0 amide bonds. The van der Waals surface area contributed by atoms with Crippen LogP contribution in [0.3, 0.4) is 0 Å². The molecule has 2 heterocycles. The Morgan fingerprint density at radius 1 is 1.59 bits per heavy atom. The molecule has 1 aliphatic heterocycles. The zero-order valence-electron chi connectivity index (χ0n) is 10.9. The molecule has 1 N–H and O–H groups in total. The molecule has 1 atom stereocenters. The first-order chi connectivity index (χ1) is 8.27. The van der Waals surface area contributed by atoms with Crippen LogP contribution in [0.1, 0.15) is 32.0 Å². The van der Waals surface area contributed by atoms with E-state index in [4.69, 9.17) is 4.74 Å². The lowest BCUT2D eigenvalue weighted by Crippen LogP contribution is -2.27. The molecule has 1 aliphatic rings. The fourth-order valence-electron chi connectivity index (χ4n) is 2.26. The van der Waals surface area contributed by atoms with Crippen LogP contribution in [0.4, 0.5) is 0 Å². The van der Waals surface area contributed by atoms with Crippen molar-refractivity contribution in [2.75, 3.05) is 26.3 Å². The number of hydrogen-bond donors (Lipinski definition) is 1. The molecule has 0 aliphatic carbocycles. The van der Waals surface area contributed by atoms with Crippen molar-refractivity contribution in [1.82, 2.24) is 14.9 Å². The van der Waals surface area contributed by atoms with Crippen molar-refractivity contribution in [3.05, 3.63) is 18.2 Å². The second-order valence-corrected chi connectivity index (χ2v) is 5.07. The molecule has 17 heavy (non-hydrogen) atoms. The standard InChI is InChI=1S/C13H23N3O/c1-11(2)13-15-5-7-16(13)6-4-14-9-12-3-8-17-10-12/h5,7,11-12,14H,3-4,6,8-10H2,1-2H3. The molecular formula is C13H23N3O. The van der Waals surface area contributed by atoms with E-state index in [1.54, 1.807) is 0 Å². The number of aromatic nitrogens is 2. The molecule has 0 saturated carbocycles. The molecule has 1 aromatic rings. The number of nitrogens with one attached hydrogen (secondary N) is 1. The summed E-state index contributed by atoms with van der Waals surface area (Å²) < 4.78 is 7.59. The number of hydrogen-bond acceptors (Lipinski definition) is 3. The van der Waals surface area contributed by atoms with Crippen molar-refractivity contribution in [1.29, 1.82) is 0 Å². The summed E-state index contributed by atoms with van der Waals surface area (Å²) in [5, 5.41) is 3.50. The minimum absolute atomic E-state index is 0.494. The van der Waals surface area contributed by atoms with Crippen molar-refractivity contribution in [2.45, 2.75) is 32.7 Å². The van der Waals surface area contributed by atoms with Gasteiger partial charge >= 0.3 is 0 Å². The van der Waals surface area contributed by atoms with E-state index in [0.717, 1.165) is 32.8 Å². The largest absolute Gasteiger partial charge is 0.381 e. The van der Waals surface area contributed by atoms with Crippen LogP contribution >= 0.6 is 0 Å². The second-order valence-electron chi connectivity index (χ2n) is 5.07. The summed E-state index contributed by atoms with van der Waals surface area (Å²) in [6.45, 7) is 9.31. The molecule has 4 heteroatoms. The molecule has 1 unspecified atom stereocenters.